The minimum Gasteiger partial charge on any atom is -0.481 e. The Labute approximate surface area is 129 Å². The van der Waals surface area contributed by atoms with Gasteiger partial charge in [0.1, 0.15) is 0 Å². The number of ether oxygens (including phenoxy) is 1. The van der Waals surface area contributed by atoms with Crippen LogP contribution in [0.3, 0.4) is 0 Å². The van der Waals surface area contributed by atoms with Gasteiger partial charge in [0, 0.05) is 24.7 Å². The van der Waals surface area contributed by atoms with Crippen molar-refractivity contribution in [3.8, 4) is 5.88 Å². The maximum atomic E-state index is 10.8. The lowest BCUT2D eigenvalue weighted by atomic mass is 10.0. The highest BCUT2D eigenvalue weighted by molar-refractivity contribution is 5.66. The van der Waals surface area contributed by atoms with E-state index in [9.17, 15) is 4.79 Å². The summed E-state index contributed by atoms with van der Waals surface area (Å²) in [4.78, 5) is 19.2. The van der Waals surface area contributed by atoms with E-state index in [1.807, 2.05) is 30.3 Å². The number of aromatic nitrogens is 2. The average Bonchev–Trinajstić information content (AvgIpc) is 2.54. The molecule has 0 radical (unpaired) electrons. The van der Waals surface area contributed by atoms with E-state index >= 15 is 0 Å². The van der Waals surface area contributed by atoms with Crippen LogP contribution in [-0.4, -0.2) is 34.2 Å². The van der Waals surface area contributed by atoms with Crippen molar-refractivity contribution < 1.29 is 14.6 Å². The monoisotopic (exact) mass is 301 g/mol. The van der Waals surface area contributed by atoms with Crippen molar-refractivity contribution in [1.82, 2.24) is 9.97 Å². The zero-order chi connectivity index (χ0) is 15.8. The van der Waals surface area contributed by atoms with Crippen LogP contribution in [0.5, 0.6) is 5.88 Å². The van der Waals surface area contributed by atoms with E-state index < -0.39 is 5.97 Å². The zero-order valence-electron chi connectivity index (χ0n) is 12.4. The van der Waals surface area contributed by atoms with Gasteiger partial charge in [0.2, 0.25) is 11.8 Å². The Bertz CT molecular complexity index is 605. The van der Waals surface area contributed by atoms with Crippen molar-refractivity contribution in [3.63, 3.8) is 0 Å². The number of carbonyl (C=O) groups is 1. The topological polar surface area (TPSA) is 84.3 Å². The number of anilines is 1. The van der Waals surface area contributed by atoms with Crippen molar-refractivity contribution in [2.45, 2.75) is 25.3 Å². The minimum absolute atomic E-state index is 0.0643. The molecule has 1 aromatic heterocycles. The first kappa shape index (κ1) is 15.8. The summed E-state index contributed by atoms with van der Waals surface area (Å²) in [7, 11) is 1.54. The zero-order valence-corrected chi connectivity index (χ0v) is 12.4. The van der Waals surface area contributed by atoms with Crippen LogP contribution >= 0.6 is 0 Å². The minimum atomic E-state index is -0.813. The summed E-state index contributed by atoms with van der Waals surface area (Å²) in [6, 6.07) is 11.5. The first-order chi connectivity index (χ1) is 10.7. The summed E-state index contributed by atoms with van der Waals surface area (Å²) in [5, 5.41) is 12.1. The highest BCUT2D eigenvalue weighted by Gasteiger charge is 2.13. The number of benzene rings is 1. The lowest BCUT2D eigenvalue weighted by Crippen LogP contribution is -2.24. The molecule has 0 amide bonds. The number of methoxy groups -OCH3 is 1. The molecule has 0 fully saturated rings. The van der Waals surface area contributed by atoms with Crippen LogP contribution < -0.4 is 10.1 Å². The number of hydrogen-bond donors (Lipinski definition) is 2. The third-order valence-corrected chi connectivity index (χ3v) is 3.20. The Morgan fingerprint density at radius 1 is 1.32 bits per heavy atom. The molecule has 0 aliphatic carbocycles. The molecule has 116 valence electrons. The number of nitrogens with one attached hydrogen (secondary N) is 1. The average molecular weight is 301 g/mol. The van der Waals surface area contributed by atoms with E-state index in [1.165, 1.54) is 7.11 Å². The largest absolute Gasteiger partial charge is 0.481 e. The van der Waals surface area contributed by atoms with Crippen LogP contribution in [0, 0.1) is 0 Å². The van der Waals surface area contributed by atoms with Gasteiger partial charge in [-0.2, -0.15) is 4.98 Å². The summed E-state index contributed by atoms with van der Waals surface area (Å²) in [6.45, 7) is 0. The Hall–Kier alpha value is -2.63. The van der Waals surface area contributed by atoms with Crippen LogP contribution in [0.25, 0.3) is 0 Å². The van der Waals surface area contributed by atoms with E-state index in [-0.39, 0.29) is 12.5 Å². The van der Waals surface area contributed by atoms with E-state index in [0.29, 0.717) is 24.7 Å². The summed E-state index contributed by atoms with van der Waals surface area (Å²) >= 11 is 0. The van der Waals surface area contributed by atoms with Crippen LogP contribution in [0.2, 0.25) is 0 Å². The van der Waals surface area contributed by atoms with Gasteiger partial charge < -0.3 is 15.2 Å². The number of aliphatic carboxylic acids is 1. The summed E-state index contributed by atoms with van der Waals surface area (Å²) in [6.07, 6.45) is 2.89. The van der Waals surface area contributed by atoms with Gasteiger partial charge in [-0.25, -0.2) is 4.98 Å². The Balaban J connectivity index is 2.07. The molecule has 0 aliphatic rings. The molecule has 6 nitrogen and oxygen atoms in total. The van der Waals surface area contributed by atoms with E-state index in [4.69, 9.17) is 9.84 Å². The van der Waals surface area contributed by atoms with Crippen molar-refractivity contribution >= 4 is 11.9 Å². The first-order valence-corrected chi connectivity index (χ1v) is 7.06. The molecule has 2 rings (SSSR count). The predicted molar refractivity (Wildman–Crippen MR) is 83.0 cm³/mol. The van der Waals surface area contributed by atoms with Crippen LogP contribution in [0.1, 0.15) is 18.4 Å². The molecule has 0 saturated carbocycles. The highest BCUT2D eigenvalue weighted by Crippen LogP contribution is 2.14. The lowest BCUT2D eigenvalue weighted by molar-refractivity contribution is -0.137. The SMILES string of the molecule is COc1ccnc(NC(CCC(=O)O)Cc2ccccc2)n1. The predicted octanol–water partition coefficient (Wildman–Crippen LogP) is 2.37. The second-order valence-electron chi connectivity index (χ2n) is 4.89. The van der Waals surface area contributed by atoms with Gasteiger partial charge in [-0.3, -0.25) is 4.79 Å². The van der Waals surface area contributed by atoms with Crippen molar-refractivity contribution in [2.75, 3.05) is 12.4 Å². The molecule has 0 bridgehead atoms. The van der Waals surface area contributed by atoms with Gasteiger partial charge in [0.25, 0.3) is 0 Å². The quantitative estimate of drug-likeness (QED) is 0.778. The fraction of sp³-hybridized carbons (Fsp3) is 0.312. The van der Waals surface area contributed by atoms with Crippen molar-refractivity contribution in [2.24, 2.45) is 0 Å². The lowest BCUT2D eigenvalue weighted by Gasteiger charge is -2.18. The second-order valence-corrected chi connectivity index (χ2v) is 4.89. The first-order valence-electron chi connectivity index (χ1n) is 7.06. The molecular formula is C16H19N3O3. The van der Waals surface area contributed by atoms with Crippen molar-refractivity contribution in [3.05, 3.63) is 48.2 Å². The molecule has 2 N–H and O–H groups in total. The maximum absolute atomic E-state index is 10.8. The Morgan fingerprint density at radius 3 is 2.77 bits per heavy atom. The number of nitrogens with zero attached hydrogens (tertiary/aromatic N) is 2. The standard InChI is InChI=1S/C16H19N3O3/c1-22-14-9-10-17-16(19-14)18-13(7-8-15(20)21)11-12-5-3-2-4-6-12/h2-6,9-10,13H,7-8,11H2,1H3,(H,20,21)(H,17,18,19). The van der Waals surface area contributed by atoms with E-state index in [2.05, 4.69) is 15.3 Å². The van der Waals surface area contributed by atoms with Gasteiger partial charge in [-0.05, 0) is 18.4 Å². The molecule has 22 heavy (non-hydrogen) atoms. The number of carboxylic acids is 1. The van der Waals surface area contributed by atoms with Gasteiger partial charge in [0.05, 0.1) is 7.11 Å². The normalized spacial score (nSPS) is 11.7. The van der Waals surface area contributed by atoms with Crippen LogP contribution in [-0.2, 0) is 11.2 Å². The molecule has 1 unspecified atom stereocenters. The summed E-state index contributed by atoms with van der Waals surface area (Å²) in [5.74, 6) is 0.0892. The van der Waals surface area contributed by atoms with E-state index in [1.54, 1.807) is 12.3 Å². The van der Waals surface area contributed by atoms with Gasteiger partial charge >= 0.3 is 5.97 Å². The number of rotatable bonds is 8. The molecule has 0 saturated heterocycles. The molecular weight excluding hydrogens is 282 g/mol. The van der Waals surface area contributed by atoms with Gasteiger partial charge in [-0.15, -0.1) is 0 Å². The van der Waals surface area contributed by atoms with Gasteiger partial charge in [0.15, 0.2) is 0 Å². The fourth-order valence-corrected chi connectivity index (χ4v) is 2.13. The van der Waals surface area contributed by atoms with Crippen LogP contribution in [0.15, 0.2) is 42.6 Å². The highest BCUT2D eigenvalue weighted by atomic mass is 16.5. The van der Waals surface area contributed by atoms with E-state index in [0.717, 1.165) is 5.56 Å². The summed E-state index contributed by atoms with van der Waals surface area (Å²) < 4.78 is 5.07. The second kappa shape index (κ2) is 7.97. The molecule has 0 aliphatic heterocycles. The van der Waals surface area contributed by atoms with Crippen LogP contribution in [0.4, 0.5) is 5.95 Å². The molecule has 2 aromatic rings. The molecule has 0 spiro atoms. The third kappa shape index (κ3) is 5.05. The molecule has 1 atom stereocenters. The molecule has 6 heteroatoms. The molecule has 1 heterocycles. The molecule has 1 aromatic carbocycles. The smallest absolute Gasteiger partial charge is 0.303 e. The Kier molecular flexibility index (Phi) is 5.71. The summed E-state index contributed by atoms with van der Waals surface area (Å²) in [5.41, 5.74) is 1.13. The van der Waals surface area contributed by atoms with Gasteiger partial charge in [-0.1, -0.05) is 30.3 Å². The Morgan fingerprint density at radius 2 is 2.09 bits per heavy atom. The number of hydrogen-bond acceptors (Lipinski definition) is 5. The fourth-order valence-electron chi connectivity index (χ4n) is 2.13. The third-order valence-electron chi connectivity index (χ3n) is 3.20. The van der Waals surface area contributed by atoms with Crippen molar-refractivity contribution in [1.29, 1.82) is 0 Å². The maximum Gasteiger partial charge on any atom is 0.303 e. The number of carboxylic acid groups (broad SMARTS) is 1.